The summed E-state index contributed by atoms with van der Waals surface area (Å²) in [4.78, 5) is 22.3. The molecule has 2 aromatic carbocycles. The molecule has 0 heterocycles. The summed E-state index contributed by atoms with van der Waals surface area (Å²) in [6.45, 7) is 1.75. The summed E-state index contributed by atoms with van der Waals surface area (Å²) in [6, 6.07) is 9.69. The van der Waals surface area contributed by atoms with Crippen LogP contribution in [-0.4, -0.2) is 24.5 Å². The zero-order chi connectivity index (χ0) is 17.7. The van der Waals surface area contributed by atoms with Gasteiger partial charge in [-0.15, -0.1) is 0 Å². The fraction of sp³-hybridized carbons (Fsp3) is 0.188. The Bertz CT molecular complexity index is 780. The van der Waals surface area contributed by atoms with Crippen molar-refractivity contribution in [2.75, 3.05) is 24.3 Å². The fourth-order valence-corrected chi connectivity index (χ4v) is 2.43. The molecule has 0 aromatic heterocycles. The van der Waals surface area contributed by atoms with Crippen LogP contribution in [0.1, 0.15) is 5.56 Å². The zero-order valence-corrected chi connectivity index (χ0v) is 14.7. The van der Waals surface area contributed by atoms with Gasteiger partial charge in [-0.05, 0) is 46.6 Å². The highest BCUT2D eigenvalue weighted by Crippen LogP contribution is 2.27. The molecule has 126 valence electrons. The predicted octanol–water partition coefficient (Wildman–Crippen LogP) is 3.72. The highest BCUT2D eigenvalue weighted by atomic mass is 79.9. The van der Waals surface area contributed by atoms with Crippen LogP contribution in [0.25, 0.3) is 0 Å². The van der Waals surface area contributed by atoms with E-state index in [1.54, 1.807) is 26.2 Å². The van der Waals surface area contributed by atoms with E-state index in [0.717, 1.165) is 10.2 Å². The largest absolute Gasteiger partial charge is 0.497 e. The third kappa shape index (κ3) is 4.45. The number of methoxy groups -OCH3 is 1. The van der Waals surface area contributed by atoms with Gasteiger partial charge in [0, 0.05) is 28.4 Å². The van der Waals surface area contributed by atoms with Gasteiger partial charge in [0.05, 0.1) is 24.3 Å². The molecule has 2 rings (SSSR count). The van der Waals surface area contributed by atoms with Gasteiger partial charge < -0.3 is 15.4 Å². The molecule has 0 radical (unpaired) electrons. The number of aryl methyl sites for hydroxylation is 1. The molecule has 7 nitrogen and oxygen atoms in total. The molecule has 1 amide bonds. The Kier molecular flexibility index (Phi) is 5.75. The molecule has 0 aliphatic rings. The van der Waals surface area contributed by atoms with Gasteiger partial charge in [0.1, 0.15) is 5.75 Å². The highest BCUT2D eigenvalue weighted by Gasteiger charge is 2.11. The van der Waals surface area contributed by atoms with Crippen LogP contribution in [0.2, 0.25) is 0 Å². The fourth-order valence-electron chi connectivity index (χ4n) is 2.04. The summed E-state index contributed by atoms with van der Waals surface area (Å²) in [6.07, 6.45) is 0. The number of ether oxygens (including phenoxy) is 1. The Labute approximate surface area is 147 Å². The summed E-state index contributed by atoms with van der Waals surface area (Å²) in [5, 5.41) is 16.5. The lowest BCUT2D eigenvalue weighted by atomic mass is 10.2. The average Bonchev–Trinajstić information content (AvgIpc) is 2.55. The number of hydrogen-bond acceptors (Lipinski definition) is 5. The van der Waals surface area contributed by atoms with Gasteiger partial charge in [0.15, 0.2) is 0 Å². The maximum absolute atomic E-state index is 12.1. The first-order chi connectivity index (χ1) is 11.4. The van der Waals surface area contributed by atoms with E-state index in [2.05, 4.69) is 26.6 Å². The molecule has 0 spiro atoms. The first kappa shape index (κ1) is 17.7. The smallest absolute Gasteiger partial charge is 0.269 e. The van der Waals surface area contributed by atoms with E-state index in [9.17, 15) is 14.9 Å². The first-order valence-corrected chi connectivity index (χ1v) is 7.82. The maximum Gasteiger partial charge on any atom is 0.269 e. The molecule has 24 heavy (non-hydrogen) atoms. The maximum atomic E-state index is 12.1. The lowest BCUT2D eigenvalue weighted by molar-refractivity contribution is -0.384. The normalized spacial score (nSPS) is 10.1. The monoisotopic (exact) mass is 393 g/mol. The summed E-state index contributed by atoms with van der Waals surface area (Å²) in [7, 11) is 1.57. The predicted molar refractivity (Wildman–Crippen MR) is 95.6 cm³/mol. The van der Waals surface area contributed by atoms with Crippen LogP contribution < -0.4 is 15.4 Å². The summed E-state index contributed by atoms with van der Waals surface area (Å²) in [5.41, 5.74) is 1.88. The van der Waals surface area contributed by atoms with Crippen molar-refractivity contribution < 1.29 is 14.5 Å². The number of benzene rings is 2. The molecule has 0 saturated heterocycles. The number of hydrogen-bond donors (Lipinski definition) is 2. The van der Waals surface area contributed by atoms with E-state index in [0.29, 0.717) is 17.0 Å². The number of amides is 1. The topological polar surface area (TPSA) is 93.5 Å². The van der Waals surface area contributed by atoms with Gasteiger partial charge in [-0.3, -0.25) is 14.9 Å². The molecule has 0 aliphatic heterocycles. The van der Waals surface area contributed by atoms with Gasteiger partial charge in [-0.2, -0.15) is 0 Å². The first-order valence-electron chi connectivity index (χ1n) is 7.03. The van der Waals surface area contributed by atoms with E-state index < -0.39 is 4.92 Å². The van der Waals surface area contributed by atoms with Gasteiger partial charge in [-0.1, -0.05) is 0 Å². The minimum absolute atomic E-state index is 0.0102. The molecule has 0 unspecified atom stereocenters. The van der Waals surface area contributed by atoms with Crippen molar-refractivity contribution in [2.45, 2.75) is 6.92 Å². The molecule has 0 aliphatic carbocycles. The molecular weight excluding hydrogens is 378 g/mol. The Morgan fingerprint density at radius 2 is 2.00 bits per heavy atom. The zero-order valence-electron chi connectivity index (χ0n) is 13.1. The number of nitrogens with one attached hydrogen (secondary N) is 2. The minimum Gasteiger partial charge on any atom is -0.497 e. The third-order valence-corrected chi connectivity index (χ3v) is 4.00. The van der Waals surface area contributed by atoms with Gasteiger partial charge in [-0.25, -0.2) is 0 Å². The van der Waals surface area contributed by atoms with Gasteiger partial charge in [0.2, 0.25) is 5.91 Å². The SMILES string of the molecule is COc1ccc(Br)c(NCC(=O)Nc2ccc([N+](=O)[O-])cc2C)c1. The molecule has 0 bridgehead atoms. The number of anilines is 2. The van der Waals surface area contributed by atoms with E-state index in [-0.39, 0.29) is 18.1 Å². The van der Waals surface area contributed by atoms with E-state index in [4.69, 9.17) is 4.74 Å². The van der Waals surface area contributed by atoms with Crippen molar-refractivity contribution in [3.8, 4) is 5.75 Å². The van der Waals surface area contributed by atoms with Crippen molar-refractivity contribution in [1.29, 1.82) is 0 Å². The summed E-state index contributed by atoms with van der Waals surface area (Å²) >= 11 is 3.40. The molecule has 2 N–H and O–H groups in total. The Hall–Kier alpha value is -2.61. The lowest BCUT2D eigenvalue weighted by Gasteiger charge is -2.12. The second-order valence-corrected chi connectivity index (χ2v) is 5.86. The molecular formula is C16H16BrN3O4. The number of carbonyl (C=O) groups excluding carboxylic acids is 1. The van der Waals surface area contributed by atoms with Crippen molar-refractivity contribution >= 4 is 38.9 Å². The van der Waals surface area contributed by atoms with Crippen LogP contribution in [0.15, 0.2) is 40.9 Å². The average molecular weight is 394 g/mol. The van der Waals surface area contributed by atoms with Crippen LogP contribution in [0.3, 0.4) is 0 Å². The summed E-state index contributed by atoms with van der Waals surface area (Å²) in [5.74, 6) is 0.411. The van der Waals surface area contributed by atoms with Gasteiger partial charge >= 0.3 is 0 Å². The number of non-ortho nitro benzene ring substituents is 1. The summed E-state index contributed by atoms with van der Waals surface area (Å²) < 4.78 is 5.95. The Morgan fingerprint density at radius 3 is 2.62 bits per heavy atom. The molecule has 0 fully saturated rings. The number of rotatable bonds is 6. The third-order valence-electron chi connectivity index (χ3n) is 3.31. The number of nitro benzene ring substituents is 1. The standard InChI is InChI=1S/C16H16BrN3O4/c1-10-7-11(20(22)23)3-6-14(10)19-16(21)9-18-15-8-12(24-2)4-5-13(15)17/h3-8,18H,9H2,1-2H3,(H,19,21). The van der Waals surface area contributed by atoms with Gasteiger partial charge in [0.25, 0.3) is 5.69 Å². The quantitative estimate of drug-likeness (QED) is 0.575. The Morgan fingerprint density at radius 1 is 1.25 bits per heavy atom. The molecule has 0 saturated carbocycles. The van der Waals surface area contributed by atoms with Crippen molar-refractivity contribution in [3.05, 3.63) is 56.5 Å². The lowest BCUT2D eigenvalue weighted by Crippen LogP contribution is -2.22. The molecule has 2 aromatic rings. The molecule has 0 atom stereocenters. The van der Waals surface area contributed by atoms with Crippen molar-refractivity contribution in [3.63, 3.8) is 0 Å². The second-order valence-electron chi connectivity index (χ2n) is 5.00. The highest BCUT2D eigenvalue weighted by molar-refractivity contribution is 9.10. The minimum atomic E-state index is -0.472. The van der Waals surface area contributed by atoms with E-state index in [1.165, 1.54) is 18.2 Å². The van der Waals surface area contributed by atoms with Crippen LogP contribution in [0.4, 0.5) is 17.1 Å². The molecule has 8 heteroatoms. The second kappa shape index (κ2) is 7.78. The van der Waals surface area contributed by atoms with Crippen LogP contribution in [0.5, 0.6) is 5.75 Å². The number of halogens is 1. The van der Waals surface area contributed by atoms with Crippen molar-refractivity contribution in [1.82, 2.24) is 0 Å². The van der Waals surface area contributed by atoms with Crippen LogP contribution in [-0.2, 0) is 4.79 Å². The van der Waals surface area contributed by atoms with Crippen LogP contribution in [0, 0.1) is 17.0 Å². The van der Waals surface area contributed by atoms with E-state index in [1.807, 2.05) is 6.07 Å². The number of nitro groups is 1. The number of carbonyl (C=O) groups is 1. The Balaban J connectivity index is 2.00. The van der Waals surface area contributed by atoms with Crippen LogP contribution >= 0.6 is 15.9 Å². The number of nitrogens with zero attached hydrogens (tertiary/aromatic N) is 1. The van der Waals surface area contributed by atoms with E-state index >= 15 is 0 Å². The van der Waals surface area contributed by atoms with Crippen molar-refractivity contribution in [2.24, 2.45) is 0 Å².